The van der Waals surface area contributed by atoms with E-state index in [1.165, 1.54) is 41.8 Å². The molecule has 7 heteroatoms. The van der Waals surface area contributed by atoms with E-state index in [-0.39, 0.29) is 6.04 Å². The molecule has 2 aliphatic heterocycles. The van der Waals surface area contributed by atoms with Crippen molar-refractivity contribution in [2.24, 2.45) is 11.8 Å². The fraction of sp³-hybridized carbons (Fsp3) is 0.576. The summed E-state index contributed by atoms with van der Waals surface area (Å²) in [4.78, 5) is 17.3. The van der Waals surface area contributed by atoms with Crippen LogP contribution in [0, 0.1) is 11.8 Å². The molecule has 6 nitrogen and oxygen atoms in total. The monoisotopic (exact) mass is 560 g/mol. The highest BCUT2D eigenvalue weighted by molar-refractivity contribution is 7.08. The van der Waals surface area contributed by atoms with Gasteiger partial charge in [-0.3, -0.25) is 14.4 Å². The first kappa shape index (κ1) is 27.7. The highest BCUT2D eigenvalue weighted by atomic mass is 32.1. The van der Waals surface area contributed by atoms with Gasteiger partial charge in [-0.15, -0.1) is 0 Å². The quantitative estimate of drug-likeness (QED) is 0.307. The molecule has 1 aliphatic carbocycles. The normalized spacial score (nSPS) is 23.8. The van der Waals surface area contributed by atoms with Crippen LogP contribution in [-0.4, -0.2) is 69.4 Å². The van der Waals surface area contributed by atoms with Crippen molar-refractivity contribution in [3.63, 3.8) is 0 Å². The van der Waals surface area contributed by atoms with Crippen LogP contribution in [0.5, 0.6) is 0 Å². The molecule has 6 rings (SSSR count). The Morgan fingerprint density at radius 3 is 2.55 bits per heavy atom. The molecule has 2 aromatic heterocycles. The van der Waals surface area contributed by atoms with Crippen LogP contribution < -0.4 is 0 Å². The molecule has 2 saturated heterocycles. The first-order valence-electron chi connectivity index (χ1n) is 15.4. The van der Waals surface area contributed by atoms with Crippen molar-refractivity contribution in [1.29, 1.82) is 0 Å². The number of carbonyl (C=O) groups is 1. The number of likely N-dealkylation sites (tertiary alicyclic amines) is 2. The minimum atomic E-state index is -0.628. The summed E-state index contributed by atoms with van der Waals surface area (Å²) in [5.74, 6) is 1.43. The summed E-state index contributed by atoms with van der Waals surface area (Å²) in [6.45, 7) is 8.15. The molecular weight excluding hydrogens is 516 g/mol. The van der Waals surface area contributed by atoms with Gasteiger partial charge in [0, 0.05) is 50.1 Å². The molecule has 0 amide bonds. The van der Waals surface area contributed by atoms with E-state index in [1.807, 2.05) is 0 Å². The smallest absolute Gasteiger partial charge is 0.320 e. The van der Waals surface area contributed by atoms with Crippen molar-refractivity contribution in [3.05, 3.63) is 75.7 Å². The Kier molecular flexibility index (Phi) is 8.70. The first-order chi connectivity index (χ1) is 19.6. The molecule has 214 valence electrons. The average Bonchev–Trinajstić information content (AvgIpc) is 3.69. The van der Waals surface area contributed by atoms with Crippen LogP contribution in [0.4, 0.5) is 0 Å². The number of aromatic nitrogens is 2. The molecule has 1 aromatic carbocycles. The van der Waals surface area contributed by atoms with Gasteiger partial charge in [0.15, 0.2) is 0 Å². The zero-order valence-electron chi connectivity index (χ0n) is 23.8. The highest BCUT2D eigenvalue weighted by Crippen LogP contribution is 2.39. The van der Waals surface area contributed by atoms with Gasteiger partial charge in [-0.2, -0.15) is 16.4 Å². The molecule has 3 unspecified atom stereocenters. The van der Waals surface area contributed by atoms with E-state index in [2.05, 4.69) is 74.6 Å². The minimum absolute atomic E-state index is 0.332. The van der Waals surface area contributed by atoms with Gasteiger partial charge in [-0.1, -0.05) is 49.6 Å². The van der Waals surface area contributed by atoms with E-state index < -0.39 is 5.97 Å². The molecule has 1 saturated carbocycles. The second-order valence-electron chi connectivity index (χ2n) is 12.4. The summed E-state index contributed by atoms with van der Waals surface area (Å²) in [5.41, 5.74) is 5.28. The van der Waals surface area contributed by atoms with Crippen LogP contribution in [0.15, 0.2) is 53.2 Å². The lowest BCUT2D eigenvalue weighted by atomic mass is 9.80. The third-order valence-electron chi connectivity index (χ3n) is 9.84. The SMILES string of the molecule is CCn1nc(Cc2ccccc2)cc1C1CCN(CC2CN(C(CC3CCC3)C(=O)O)CC2c2ccsc2)CC1. The summed E-state index contributed by atoms with van der Waals surface area (Å²) >= 11 is 1.76. The van der Waals surface area contributed by atoms with Gasteiger partial charge < -0.3 is 10.0 Å². The maximum Gasteiger partial charge on any atom is 0.320 e. The summed E-state index contributed by atoms with van der Waals surface area (Å²) in [6.07, 6.45) is 7.70. The van der Waals surface area contributed by atoms with Crippen LogP contribution in [0.2, 0.25) is 0 Å². The molecule has 1 N–H and O–H groups in total. The van der Waals surface area contributed by atoms with E-state index >= 15 is 0 Å². The predicted octanol–water partition coefficient (Wildman–Crippen LogP) is 6.09. The van der Waals surface area contributed by atoms with Gasteiger partial charge in [0.25, 0.3) is 0 Å². The maximum atomic E-state index is 12.3. The van der Waals surface area contributed by atoms with E-state index in [0.717, 1.165) is 65.0 Å². The zero-order chi connectivity index (χ0) is 27.5. The molecule has 3 aromatic rings. The molecule has 0 radical (unpaired) electrons. The Morgan fingerprint density at radius 2 is 1.90 bits per heavy atom. The van der Waals surface area contributed by atoms with E-state index in [4.69, 9.17) is 5.10 Å². The van der Waals surface area contributed by atoms with Gasteiger partial charge in [0.05, 0.1) is 5.69 Å². The Balaban J connectivity index is 1.09. The Bertz CT molecular complexity index is 1230. The zero-order valence-corrected chi connectivity index (χ0v) is 24.6. The van der Waals surface area contributed by atoms with Gasteiger partial charge >= 0.3 is 5.97 Å². The lowest BCUT2D eigenvalue weighted by Crippen LogP contribution is -2.43. The van der Waals surface area contributed by atoms with Gasteiger partial charge in [0.2, 0.25) is 0 Å². The Hall–Kier alpha value is -2.48. The van der Waals surface area contributed by atoms with Gasteiger partial charge in [0.1, 0.15) is 6.04 Å². The van der Waals surface area contributed by atoms with Crippen molar-refractivity contribution in [1.82, 2.24) is 19.6 Å². The van der Waals surface area contributed by atoms with Gasteiger partial charge in [-0.25, -0.2) is 0 Å². The Labute approximate surface area is 243 Å². The van der Waals surface area contributed by atoms with E-state index in [0.29, 0.717) is 23.7 Å². The lowest BCUT2D eigenvalue weighted by molar-refractivity contribution is -0.144. The lowest BCUT2D eigenvalue weighted by Gasteiger charge is -2.35. The molecule has 0 spiro atoms. The third kappa shape index (κ3) is 6.22. The van der Waals surface area contributed by atoms with Crippen LogP contribution >= 0.6 is 11.3 Å². The van der Waals surface area contributed by atoms with Crippen LogP contribution in [0.25, 0.3) is 0 Å². The average molecular weight is 561 g/mol. The summed E-state index contributed by atoms with van der Waals surface area (Å²) < 4.78 is 2.23. The Morgan fingerprint density at radius 1 is 1.10 bits per heavy atom. The number of aliphatic carboxylic acids is 1. The third-order valence-corrected chi connectivity index (χ3v) is 10.5. The van der Waals surface area contributed by atoms with Gasteiger partial charge in [-0.05, 0) is 85.1 Å². The van der Waals surface area contributed by atoms with Crippen molar-refractivity contribution >= 4 is 17.3 Å². The standard InChI is InChI=1S/C33H44N4O2S/c1-2-37-31(19-29(34-37)17-24-7-4-3-5-8-24)26-11-14-35(15-12-26)20-28-21-36(22-30(28)27-13-16-40-23-27)32(33(38)39)18-25-9-6-10-25/h3-5,7-8,13,16,19,23,25-26,28,30,32H,2,6,9-12,14-15,17-18,20-22H2,1H3,(H,38,39). The summed E-state index contributed by atoms with van der Waals surface area (Å²) in [6, 6.07) is 14.9. The molecule has 3 aliphatic rings. The van der Waals surface area contributed by atoms with E-state index in [1.54, 1.807) is 11.3 Å². The molecule has 0 bridgehead atoms. The number of rotatable bonds is 11. The maximum absolute atomic E-state index is 12.3. The molecule has 40 heavy (non-hydrogen) atoms. The van der Waals surface area contributed by atoms with Crippen molar-refractivity contribution in [2.75, 3.05) is 32.7 Å². The number of carboxylic acid groups (broad SMARTS) is 1. The molecule has 4 heterocycles. The number of aryl methyl sites for hydroxylation is 1. The molecule has 3 fully saturated rings. The summed E-state index contributed by atoms with van der Waals surface area (Å²) in [5, 5.41) is 19.6. The predicted molar refractivity (Wildman–Crippen MR) is 161 cm³/mol. The largest absolute Gasteiger partial charge is 0.480 e. The second kappa shape index (κ2) is 12.6. The minimum Gasteiger partial charge on any atom is -0.480 e. The van der Waals surface area contributed by atoms with Crippen LogP contribution in [0.1, 0.15) is 79.8 Å². The highest BCUT2D eigenvalue weighted by Gasteiger charge is 2.41. The number of nitrogens with zero attached hydrogens (tertiary/aromatic N) is 4. The number of benzene rings is 1. The topological polar surface area (TPSA) is 61.6 Å². The summed E-state index contributed by atoms with van der Waals surface area (Å²) in [7, 11) is 0. The fourth-order valence-corrected chi connectivity index (χ4v) is 8.09. The number of thiophene rings is 1. The van der Waals surface area contributed by atoms with E-state index in [9.17, 15) is 9.90 Å². The van der Waals surface area contributed by atoms with Crippen LogP contribution in [0.3, 0.4) is 0 Å². The number of carboxylic acids is 1. The van der Waals surface area contributed by atoms with Crippen LogP contribution in [-0.2, 0) is 17.8 Å². The molecule has 3 atom stereocenters. The fourth-order valence-electron chi connectivity index (χ4n) is 7.36. The number of piperidine rings is 1. The van der Waals surface area contributed by atoms with Crippen molar-refractivity contribution in [2.45, 2.75) is 76.3 Å². The number of hydrogen-bond donors (Lipinski definition) is 1. The second-order valence-corrected chi connectivity index (χ2v) is 13.2. The van der Waals surface area contributed by atoms with Crippen molar-refractivity contribution in [3.8, 4) is 0 Å². The molecular formula is C33H44N4O2S. The number of hydrogen-bond acceptors (Lipinski definition) is 5. The van der Waals surface area contributed by atoms with Crippen molar-refractivity contribution < 1.29 is 9.90 Å². The first-order valence-corrected chi connectivity index (χ1v) is 16.3.